The molecule has 1 aromatic carbocycles. The van der Waals surface area contributed by atoms with Gasteiger partial charge in [0.2, 0.25) is 5.88 Å². The van der Waals surface area contributed by atoms with E-state index in [1.807, 2.05) is 0 Å². The summed E-state index contributed by atoms with van der Waals surface area (Å²) in [5.41, 5.74) is -1.47. The van der Waals surface area contributed by atoms with Crippen LogP contribution in [0.3, 0.4) is 0 Å². The van der Waals surface area contributed by atoms with Crippen molar-refractivity contribution in [2.45, 2.75) is 0 Å². The van der Waals surface area contributed by atoms with E-state index in [1.165, 1.54) is 23.4 Å². The number of hydrogen-bond donors (Lipinski definition) is 2. The Balaban J connectivity index is 2.17. The number of aromatic hydroxyl groups is 1. The Hall–Kier alpha value is -3.20. The van der Waals surface area contributed by atoms with Gasteiger partial charge in [0.25, 0.3) is 5.56 Å². The average Bonchev–Trinajstić information content (AvgIpc) is 3.00. The van der Waals surface area contributed by atoms with Crippen LogP contribution in [0, 0.1) is 0 Å². The van der Waals surface area contributed by atoms with E-state index in [9.17, 15) is 14.7 Å². The molecule has 2 aromatic heterocycles. The number of H-pyrrole nitrogens is 1. The molecule has 0 saturated heterocycles. The molecule has 0 aliphatic rings. The SMILES string of the molecule is O=c1[nH]c(=O)n(-c2cccc(Cl)c2)c(O)c1/C=N/n1cnnc1. The third kappa shape index (κ3) is 2.90. The molecule has 116 valence electrons. The number of benzene rings is 1. The fraction of sp³-hybridized carbons (Fsp3) is 0. The maximum absolute atomic E-state index is 12.0. The van der Waals surface area contributed by atoms with Crippen LogP contribution in [0.4, 0.5) is 0 Å². The molecule has 3 aromatic rings. The highest BCUT2D eigenvalue weighted by atomic mass is 35.5. The number of aromatic nitrogens is 5. The van der Waals surface area contributed by atoms with Crippen molar-refractivity contribution in [3.05, 3.63) is 68.3 Å². The van der Waals surface area contributed by atoms with E-state index in [4.69, 9.17) is 11.6 Å². The minimum absolute atomic E-state index is 0.196. The summed E-state index contributed by atoms with van der Waals surface area (Å²) in [7, 11) is 0. The number of aromatic amines is 1. The van der Waals surface area contributed by atoms with Crippen LogP contribution >= 0.6 is 11.6 Å². The standard InChI is InChI=1S/C13H9ClN6O3/c14-8-2-1-3-9(4-8)20-12(22)10(11(21)18-13(20)23)5-17-19-6-15-16-7-19/h1-7,22H,(H,18,21,23)/b17-5+. The highest BCUT2D eigenvalue weighted by Gasteiger charge is 2.14. The van der Waals surface area contributed by atoms with Crippen LogP contribution in [0.5, 0.6) is 5.88 Å². The van der Waals surface area contributed by atoms with Crippen molar-refractivity contribution in [3.63, 3.8) is 0 Å². The summed E-state index contributed by atoms with van der Waals surface area (Å²) in [6.07, 6.45) is 3.70. The van der Waals surface area contributed by atoms with Gasteiger partial charge in [0.05, 0.1) is 11.9 Å². The van der Waals surface area contributed by atoms with Gasteiger partial charge in [-0.05, 0) is 18.2 Å². The second-order valence-electron chi connectivity index (χ2n) is 4.40. The van der Waals surface area contributed by atoms with Gasteiger partial charge >= 0.3 is 5.69 Å². The summed E-state index contributed by atoms with van der Waals surface area (Å²) < 4.78 is 2.15. The first kappa shape index (κ1) is 14.7. The Labute approximate surface area is 133 Å². The second-order valence-corrected chi connectivity index (χ2v) is 4.83. The molecule has 0 unspecified atom stereocenters. The molecule has 0 atom stereocenters. The summed E-state index contributed by atoms with van der Waals surface area (Å²) in [5, 5.41) is 21.7. The summed E-state index contributed by atoms with van der Waals surface area (Å²) in [6, 6.07) is 6.26. The lowest BCUT2D eigenvalue weighted by Gasteiger charge is -2.09. The van der Waals surface area contributed by atoms with Gasteiger partial charge in [-0.2, -0.15) is 5.10 Å². The number of hydrogen-bond acceptors (Lipinski definition) is 6. The number of halogens is 1. The molecule has 0 saturated carbocycles. The van der Waals surface area contributed by atoms with Crippen LogP contribution in [0.15, 0.2) is 51.6 Å². The van der Waals surface area contributed by atoms with Crippen LogP contribution in [-0.2, 0) is 0 Å². The minimum Gasteiger partial charge on any atom is -0.493 e. The highest BCUT2D eigenvalue weighted by Crippen LogP contribution is 2.18. The van der Waals surface area contributed by atoms with Gasteiger partial charge in [-0.25, -0.2) is 14.0 Å². The molecule has 2 N–H and O–H groups in total. The van der Waals surface area contributed by atoms with Gasteiger partial charge in [0.1, 0.15) is 18.2 Å². The Morgan fingerprint density at radius 1 is 1.26 bits per heavy atom. The van der Waals surface area contributed by atoms with E-state index < -0.39 is 17.1 Å². The van der Waals surface area contributed by atoms with Crippen molar-refractivity contribution in [2.24, 2.45) is 5.10 Å². The van der Waals surface area contributed by atoms with Crippen molar-refractivity contribution in [3.8, 4) is 11.6 Å². The molecule has 3 rings (SSSR count). The van der Waals surface area contributed by atoms with Gasteiger partial charge in [-0.3, -0.25) is 9.78 Å². The van der Waals surface area contributed by atoms with Crippen molar-refractivity contribution in [1.29, 1.82) is 0 Å². The van der Waals surface area contributed by atoms with Gasteiger partial charge in [0, 0.05) is 5.02 Å². The van der Waals surface area contributed by atoms with Crippen LogP contribution in [-0.4, -0.2) is 35.7 Å². The normalized spacial score (nSPS) is 11.2. The Morgan fingerprint density at radius 3 is 2.70 bits per heavy atom. The first-order valence-corrected chi connectivity index (χ1v) is 6.67. The zero-order valence-corrected chi connectivity index (χ0v) is 12.2. The zero-order chi connectivity index (χ0) is 16.4. The summed E-state index contributed by atoms with van der Waals surface area (Å²) >= 11 is 5.89. The molecule has 2 heterocycles. The van der Waals surface area contributed by atoms with Crippen LogP contribution in [0.1, 0.15) is 5.56 Å². The lowest BCUT2D eigenvalue weighted by atomic mass is 10.3. The summed E-state index contributed by atoms with van der Waals surface area (Å²) in [4.78, 5) is 26.0. The predicted octanol–water partition coefficient (Wildman–Crippen LogP) is 0.358. The molecule has 9 nitrogen and oxygen atoms in total. The van der Waals surface area contributed by atoms with Crippen molar-refractivity contribution in [2.75, 3.05) is 0 Å². The number of nitrogens with one attached hydrogen (secondary N) is 1. The van der Waals surface area contributed by atoms with Crippen molar-refractivity contribution in [1.82, 2.24) is 24.4 Å². The molecule has 0 aliphatic carbocycles. The molecule has 23 heavy (non-hydrogen) atoms. The van der Waals surface area contributed by atoms with Crippen molar-refractivity contribution >= 4 is 17.8 Å². The molecule has 0 aliphatic heterocycles. The van der Waals surface area contributed by atoms with Gasteiger partial charge in [-0.1, -0.05) is 17.7 Å². The molecule has 0 amide bonds. The quantitative estimate of drug-likeness (QED) is 0.671. The highest BCUT2D eigenvalue weighted by molar-refractivity contribution is 6.30. The minimum atomic E-state index is -0.795. The molecule has 0 radical (unpaired) electrons. The first-order chi connectivity index (χ1) is 11.1. The Morgan fingerprint density at radius 2 is 2.00 bits per heavy atom. The molecule has 0 fully saturated rings. The third-order valence-electron chi connectivity index (χ3n) is 2.91. The molecule has 0 bridgehead atoms. The number of nitrogens with zero attached hydrogens (tertiary/aromatic N) is 5. The van der Waals surface area contributed by atoms with Gasteiger partial charge in [-0.15, -0.1) is 10.2 Å². The zero-order valence-electron chi connectivity index (χ0n) is 11.4. The van der Waals surface area contributed by atoms with E-state index in [-0.39, 0.29) is 5.56 Å². The third-order valence-corrected chi connectivity index (χ3v) is 3.15. The topological polar surface area (TPSA) is 118 Å². The van der Waals surface area contributed by atoms with E-state index in [0.717, 1.165) is 10.8 Å². The second kappa shape index (κ2) is 5.89. The molecular formula is C13H9ClN6O3. The van der Waals surface area contributed by atoms with E-state index >= 15 is 0 Å². The molecule has 10 heteroatoms. The monoisotopic (exact) mass is 332 g/mol. The fourth-order valence-electron chi connectivity index (χ4n) is 1.89. The lowest BCUT2D eigenvalue weighted by Crippen LogP contribution is -2.31. The van der Waals surface area contributed by atoms with Crippen LogP contribution in [0.25, 0.3) is 5.69 Å². The fourth-order valence-corrected chi connectivity index (χ4v) is 2.07. The number of rotatable bonds is 3. The first-order valence-electron chi connectivity index (χ1n) is 6.29. The Bertz CT molecular complexity index is 990. The van der Waals surface area contributed by atoms with Crippen LogP contribution < -0.4 is 11.2 Å². The maximum atomic E-state index is 12.0. The van der Waals surface area contributed by atoms with E-state index in [2.05, 4.69) is 20.3 Å². The van der Waals surface area contributed by atoms with Gasteiger partial charge in [0.15, 0.2) is 0 Å². The van der Waals surface area contributed by atoms with E-state index in [1.54, 1.807) is 18.2 Å². The van der Waals surface area contributed by atoms with Crippen LogP contribution in [0.2, 0.25) is 5.02 Å². The largest absolute Gasteiger partial charge is 0.493 e. The lowest BCUT2D eigenvalue weighted by molar-refractivity contribution is 0.430. The molecule has 0 spiro atoms. The van der Waals surface area contributed by atoms with Crippen molar-refractivity contribution < 1.29 is 5.11 Å². The predicted molar refractivity (Wildman–Crippen MR) is 82.3 cm³/mol. The summed E-state index contributed by atoms with van der Waals surface area (Å²) in [6.45, 7) is 0. The molecular weight excluding hydrogens is 324 g/mol. The average molecular weight is 333 g/mol. The summed E-state index contributed by atoms with van der Waals surface area (Å²) in [5.74, 6) is -0.558. The van der Waals surface area contributed by atoms with Gasteiger partial charge < -0.3 is 5.11 Å². The smallest absolute Gasteiger partial charge is 0.335 e. The Kier molecular flexibility index (Phi) is 3.77. The van der Waals surface area contributed by atoms with E-state index in [0.29, 0.717) is 10.7 Å². The maximum Gasteiger partial charge on any atom is 0.335 e.